The Labute approximate surface area is 157 Å². The van der Waals surface area contributed by atoms with Gasteiger partial charge in [0.1, 0.15) is 0 Å². The van der Waals surface area contributed by atoms with E-state index in [2.05, 4.69) is 41.2 Å². The summed E-state index contributed by atoms with van der Waals surface area (Å²) in [5.41, 5.74) is 3.61. The van der Waals surface area contributed by atoms with Crippen molar-refractivity contribution in [3.63, 3.8) is 0 Å². The summed E-state index contributed by atoms with van der Waals surface area (Å²) in [4.78, 5) is 19.7. The van der Waals surface area contributed by atoms with Gasteiger partial charge in [-0.1, -0.05) is 18.1 Å². The molecular weight excluding hydrogens is 322 g/mol. The van der Waals surface area contributed by atoms with Gasteiger partial charge < -0.3 is 10.2 Å². The average Bonchev–Trinajstić information content (AvgIpc) is 2.62. The van der Waals surface area contributed by atoms with E-state index in [0.29, 0.717) is 11.6 Å². The molecular formula is C22H31N3O. The van der Waals surface area contributed by atoms with E-state index < -0.39 is 0 Å². The van der Waals surface area contributed by atoms with Gasteiger partial charge in [0, 0.05) is 18.0 Å². The predicted octanol–water partition coefficient (Wildman–Crippen LogP) is 4.24. The van der Waals surface area contributed by atoms with Crippen molar-refractivity contribution in [2.45, 2.75) is 58.9 Å². The quantitative estimate of drug-likeness (QED) is 0.790. The number of carbonyl (C=O) groups excluding carboxylic acids is 1. The lowest BCUT2D eigenvalue weighted by Crippen LogP contribution is -2.38. The monoisotopic (exact) mass is 353 g/mol. The molecule has 1 unspecified atom stereocenters. The second kappa shape index (κ2) is 8.63. The van der Waals surface area contributed by atoms with Gasteiger partial charge in [0.05, 0.1) is 16.8 Å². The van der Waals surface area contributed by atoms with Gasteiger partial charge in [0.25, 0.3) is 5.91 Å². The number of aromatic nitrogens is 1. The summed E-state index contributed by atoms with van der Waals surface area (Å²) in [5, 5.41) is 4.10. The molecule has 1 N–H and O–H groups in total. The van der Waals surface area contributed by atoms with Crippen LogP contribution in [0.1, 0.15) is 60.6 Å². The lowest BCUT2D eigenvalue weighted by molar-refractivity contribution is 0.0950. The number of aryl methyl sites for hydroxylation is 2. The fourth-order valence-corrected chi connectivity index (χ4v) is 3.85. The number of amides is 1. The third kappa shape index (κ3) is 4.61. The summed E-state index contributed by atoms with van der Waals surface area (Å²) in [6.07, 6.45) is 6.18. The van der Waals surface area contributed by atoms with E-state index >= 15 is 0 Å². The van der Waals surface area contributed by atoms with E-state index in [1.54, 1.807) is 0 Å². The zero-order valence-electron chi connectivity index (χ0n) is 16.3. The number of pyridine rings is 1. The number of unbranched alkanes of at least 4 members (excludes halogenated alkanes) is 1. The van der Waals surface area contributed by atoms with Crippen LogP contribution < -0.4 is 5.32 Å². The highest BCUT2D eigenvalue weighted by molar-refractivity contribution is 5.98. The van der Waals surface area contributed by atoms with Gasteiger partial charge in [-0.2, -0.15) is 0 Å². The summed E-state index contributed by atoms with van der Waals surface area (Å²) in [6.45, 7) is 9.40. The first-order valence-corrected chi connectivity index (χ1v) is 9.95. The van der Waals surface area contributed by atoms with Gasteiger partial charge in [-0.25, -0.2) is 0 Å². The smallest absolute Gasteiger partial charge is 0.253 e. The molecule has 4 heteroatoms. The number of carbonyl (C=O) groups is 1. The van der Waals surface area contributed by atoms with Crippen LogP contribution >= 0.6 is 0 Å². The lowest BCUT2D eigenvalue weighted by Gasteiger charge is -2.33. The molecule has 1 fully saturated rings. The molecule has 1 aliphatic rings. The Morgan fingerprint density at radius 3 is 2.88 bits per heavy atom. The fraction of sp³-hybridized carbons (Fsp3) is 0.545. The molecule has 1 atom stereocenters. The molecule has 1 saturated heterocycles. The molecule has 3 rings (SSSR count). The van der Waals surface area contributed by atoms with Gasteiger partial charge in [0.15, 0.2) is 0 Å². The highest BCUT2D eigenvalue weighted by Crippen LogP contribution is 2.18. The number of nitrogens with one attached hydrogen (secondary N) is 1. The third-order valence-electron chi connectivity index (χ3n) is 5.50. The largest absolute Gasteiger partial charge is 0.352 e. The number of nitrogens with zero attached hydrogens (tertiary/aromatic N) is 2. The van der Waals surface area contributed by atoms with Crippen LogP contribution in [0.3, 0.4) is 0 Å². The molecule has 0 spiro atoms. The van der Waals surface area contributed by atoms with Crippen LogP contribution in [0.25, 0.3) is 10.9 Å². The molecule has 2 aromatic rings. The Balaban J connectivity index is 1.50. The number of hydrogen-bond acceptors (Lipinski definition) is 3. The minimum absolute atomic E-state index is 0.00949. The highest BCUT2D eigenvalue weighted by Gasteiger charge is 2.17. The number of likely N-dealkylation sites (tertiary alicyclic amines) is 1. The Morgan fingerprint density at radius 2 is 2.08 bits per heavy atom. The van der Waals surface area contributed by atoms with Crippen molar-refractivity contribution in [2.75, 3.05) is 19.6 Å². The Morgan fingerprint density at radius 1 is 1.23 bits per heavy atom. The minimum atomic E-state index is -0.00949. The predicted molar refractivity (Wildman–Crippen MR) is 108 cm³/mol. The summed E-state index contributed by atoms with van der Waals surface area (Å²) >= 11 is 0. The second-order valence-electron chi connectivity index (χ2n) is 7.66. The van der Waals surface area contributed by atoms with Crippen LogP contribution in [0.2, 0.25) is 0 Å². The van der Waals surface area contributed by atoms with Crippen molar-refractivity contribution in [3.8, 4) is 0 Å². The molecule has 0 aliphatic carbocycles. The first-order chi connectivity index (χ1) is 12.5. The second-order valence-corrected chi connectivity index (χ2v) is 7.66. The maximum atomic E-state index is 12.5. The number of fused-ring (bicyclic) bond motifs is 1. The molecule has 0 saturated carbocycles. The van der Waals surface area contributed by atoms with Crippen LogP contribution in [0.5, 0.6) is 0 Å². The van der Waals surface area contributed by atoms with Gasteiger partial charge in [0.2, 0.25) is 0 Å². The summed E-state index contributed by atoms with van der Waals surface area (Å²) in [6, 6.07) is 8.83. The number of rotatable bonds is 6. The van der Waals surface area contributed by atoms with E-state index in [4.69, 9.17) is 0 Å². The van der Waals surface area contributed by atoms with Crippen molar-refractivity contribution >= 4 is 16.8 Å². The first-order valence-electron chi connectivity index (χ1n) is 9.95. The summed E-state index contributed by atoms with van der Waals surface area (Å²) in [7, 11) is 0. The molecule has 2 heterocycles. The van der Waals surface area contributed by atoms with Crippen LogP contribution in [-0.4, -0.2) is 41.5 Å². The van der Waals surface area contributed by atoms with E-state index in [1.807, 2.05) is 19.1 Å². The molecule has 1 aliphatic heterocycles. The van der Waals surface area contributed by atoms with Crippen molar-refractivity contribution in [3.05, 3.63) is 41.1 Å². The van der Waals surface area contributed by atoms with E-state index in [9.17, 15) is 4.79 Å². The van der Waals surface area contributed by atoms with Gasteiger partial charge in [-0.3, -0.25) is 9.78 Å². The molecule has 4 nitrogen and oxygen atoms in total. The van der Waals surface area contributed by atoms with Gasteiger partial charge in [-0.05, 0) is 77.7 Å². The molecule has 1 aromatic heterocycles. The minimum Gasteiger partial charge on any atom is -0.352 e. The van der Waals surface area contributed by atoms with Crippen molar-refractivity contribution in [2.24, 2.45) is 0 Å². The maximum absolute atomic E-state index is 12.5. The fourth-order valence-electron chi connectivity index (χ4n) is 3.85. The first kappa shape index (κ1) is 18.8. The molecule has 0 radical (unpaired) electrons. The molecule has 0 bridgehead atoms. The highest BCUT2D eigenvalue weighted by atomic mass is 16.1. The zero-order valence-corrected chi connectivity index (χ0v) is 16.3. The average molecular weight is 354 g/mol. The van der Waals surface area contributed by atoms with Crippen LogP contribution in [0.15, 0.2) is 24.3 Å². The number of hydrogen-bond donors (Lipinski definition) is 1. The van der Waals surface area contributed by atoms with Crippen molar-refractivity contribution < 1.29 is 4.79 Å². The topological polar surface area (TPSA) is 45.2 Å². The molecule has 1 amide bonds. The van der Waals surface area contributed by atoms with E-state index in [-0.39, 0.29) is 5.91 Å². The summed E-state index contributed by atoms with van der Waals surface area (Å²) in [5.74, 6) is -0.00949. The zero-order chi connectivity index (χ0) is 18.5. The molecule has 1 aromatic carbocycles. The lowest BCUT2D eigenvalue weighted by atomic mass is 10.0. The molecule has 26 heavy (non-hydrogen) atoms. The van der Waals surface area contributed by atoms with Crippen LogP contribution in [0.4, 0.5) is 0 Å². The Bertz CT molecular complexity index is 771. The number of benzene rings is 1. The van der Waals surface area contributed by atoms with Crippen molar-refractivity contribution in [1.29, 1.82) is 0 Å². The van der Waals surface area contributed by atoms with E-state index in [0.717, 1.165) is 42.5 Å². The van der Waals surface area contributed by atoms with Crippen LogP contribution in [0, 0.1) is 13.8 Å². The summed E-state index contributed by atoms with van der Waals surface area (Å²) < 4.78 is 0. The maximum Gasteiger partial charge on any atom is 0.253 e. The van der Waals surface area contributed by atoms with Gasteiger partial charge >= 0.3 is 0 Å². The standard InChI is InChI=1S/C22H31N3O/c1-16-9-10-21-19(14-16)15-20(18(3)24-21)22(26)23-11-5-7-13-25-12-6-4-8-17(25)2/h9-10,14-15,17H,4-8,11-13H2,1-3H3,(H,23,26). The van der Waals surface area contributed by atoms with Crippen molar-refractivity contribution in [1.82, 2.24) is 15.2 Å². The SMILES string of the molecule is Cc1ccc2nc(C)c(C(=O)NCCCCN3CCCCC3C)cc2c1. The Kier molecular flexibility index (Phi) is 6.25. The normalized spacial score (nSPS) is 18.2. The van der Waals surface area contributed by atoms with E-state index in [1.165, 1.54) is 31.4 Å². The Hall–Kier alpha value is -1.94. The number of piperidine rings is 1. The van der Waals surface area contributed by atoms with Crippen LogP contribution in [-0.2, 0) is 0 Å². The molecule has 140 valence electrons. The van der Waals surface area contributed by atoms with Gasteiger partial charge in [-0.15, -0.1) is 0 Å². The third-order valence-corrected chi connectivity index (χ3v) is 5.50.